The van der Waals surface area contributed by atoms with Gasteiger partial charge in [-0.05, 0) is 18.1 Å². The van der Waals surface area contributed by atoms with Crippen LogP contribution in [0, 0.1) is 10.1 Å². The van der Waals surface area contributed by atoms with Crippen LogP contribution < -0.4 is 5.32 Å². The molecule has 5 nitrogen and oxygen atoms in total. The van der Waals surface area contributed by atoms with E-state index in [9.17, 15) is 15.2 Å². The van der Waals surface area contributed by atoms with E-state index in [1.54, 1.807) is 13.0 Å². The first-order valence-electron chi connectivity index (χ1n) is 6.71. The van der Waals surface area contributed by atoms with Gasteiger partial charge in [-0.3, -0.25) is 10.1 Å². The number of non-ortho nitro benzene ring substituents is 1. The average molecular weight is 286 g/mol. The molecule has 2 rings (SSSR count). The van der Waals surface area contributed by atoms with Crippen LogP contribution in [0.3, 0.4) is 0 Å². The van der Waals surface area contributed by atoms with E-state index < -0.39 is 10.5 Å². The van der Waals surface area contributed by atoms with Crippen molar-refractivity contribution in [3.63, 3.8) is 0 Å². The van der Waals surface area contributed by atoms with Crippen LogP contribution in [-0.2, 0) is 12.1 Å². The van der Waals surface area contributed by atoms with Gasteiger partial charge in [0.1, 0.15) is 0 Å². The van der Waals surface area contributed by atoms with E-state index in [0.29, 0.717) is 13.1 Å². The van der Waals surface area contributed by atoms with Crippen molar-refractivity contribution in [3.8, 4) is 0 Å². The Bertz CT molecular complexity index is 612. The molecule has 0 heterocycles. The van der Waals surface area contributed by atoms with Crippen molar-refractivity contribution in [3.05, 3.63) is 75.8 Å². The highest BCUT2D eigenvalue weighted by atomic mass is 16.6. The van der Waals surface area contributed by atoms with E-state index in [2.05, 4.69) is 5.32 Å². The molecule has 21 heavy (non-hydrogen) atoms. The van der Waals surface area contributed by atoms with Gasteiger partial charge in [0.2, 0.25) is 0 Å². The van der Waals surface area contributed by atoms with E-state index in [-0.39, 0.29) is 5.69 Å². The molecular weight excluding hydrogens is 268 g/mol. The number of nitro groups is 1. The standard InChI is InChI=1S/C16H18N2O3/c1-16(19,14-7-3-2-4-8-14)12-17-11-13-6-5-9-15(10-13)18(20)21/h2-10,17,19H,11-12H2,1H3. The lowest BCUT2D eigenvalue weighted by Gasteiger charge is -2.24. The summed E-state index contributed by atoms with van der Waals surface area (Å²) in [5.41, 5.74) is 0.732. The smallest absolute Gasteiger partial charge is 0.269 e. The summed E-state index contributed by atoms with van der Waals surface area (Å²) in [6.07, 6.45) is 0. The Labute approximate surface area is 123 Å². The zero-order valence-electron chi connectivity index (χ0n) is 11.8. The molecular formula is C16H18N2O3. The molecule has 0 saturated heterocycles. The first-order chi connectivity index (χ1) is 9.99. The fourth-order valence-electron chi connectivity index (χ4n) is 2.13. The summed E-state index contributed by atoms with van der Waals surface area (Å²) in [5.74, 6) is 0. The van der Waals surface area contributed by atoms with E-state index in [0.717, 1.165) is 11.1 Å². The molecule has 2 N–H and O–H groups in total. The minimum atomic E-state index is -0.984. The number of aliphatic hydroxyl groups is 1. The van der Waals surface area contributed by atoms with Gasteiger partial charge in [0.25, 0.3) is 5.69 Å². The highest BCUT2D eigenvalue weighted by Crippen LogP contribution is 2.19. The normalized spacial score (nSPS) is 13.6. The molecule has 0 amide bonds. The van der Waals surface area contributed by atoms with Crippen molar-refractivity contribution in [2.45, 2.75) is 19.1 Å². The lowest BCUT2D eigenvalue weighted by atomic mass is 9.96. The van der Waals surface area contributed by atoms with E-state index >= 15 is 0 Å². The second-order valence-electron chi connectivity index (χ2n) is 5.17. The maximum absolute atomic E-state index is 10.7. The number of benzene rings is 2. The van der Waals surface area contributed by atoms with E-state index in [1.807, 2.05) is 36.4 Å². The minimum absolute atomic E-state index is 0.0733. The molecule has 1 unspecified atom stereocenters. The third-order valence-corrected chi connectivity index (χ3v) is 3.32. The maximum Gasteiger partial charge on any atom is 0.269 e. The van der Waals surface area contributed by atoms with Gasteiger partial charge in [0, 0.05) is 25.2 Å². The Morgan fingerprint density at radius 3 is 2.57 bits per heavy atom. The Balaban J connectivity index is 1.95. The van der Waals surface area contributed by atoms with Gasteiger partial charge < -0.3 is 10.4 Å². The van der Waals surface area contributed by atoms with Gasteiger partial charge in [-0.25, -0.2) is 0 Å². The summed E-state index contributed by atoms with van der Waals surface area (Å²) in [5, 5.41) is 24.3. The lowest BCUT2D eigenvalue weighted by Crippen LogP contribution is -2.35. The minimum Gasteiger partial charge on any atom is -0.384 e. The topological polar surface area (TPSA) is 75.4 Å². The molecule has 2 aromatic rings. The van der Waals surface area contributed by atoms with E-state index in [1.165, 1.54) is 12.1 Å². The Morgan fingerprint density at radius 1 is 1.19 bits per heavy atom. The summed E-state index contributed by atoms with van der Waals surface area (Å²) < 4.78 is 0. The predicted octanol–water partition coefficient (Wildman–Crippen LogP) is 2.59. The van der Waals surface area contributed by atoms with Crippen LogP contribution in [0.1, 0.15) is 18.1 Å². The number of hydrogen-bond donors (Lipinski definition) is 2. The largest absolute Gasteiger partial charge is 0.384 e. The molecule has 0 aliphatic carbocycles. The number of nitrogens with zero attached hydrogens (tertiary/aromatic N) is 1. The second-order valence-corrected chi connectivity index (χ2v) is 5.17. The fourth-order valence-corrected chi connectivity index (χ4v) is 2.13. The van der Waals surface area contributed by atoms with Crippen molar-refractivity contribution in [2.24, 2.45) is 0 Å². The Morgan fingerprint density at radius 2 is 1.90 bits per heavy atom. The van der Waals surface area contributed by atoms with Gasteiger partial charge >= 0.3 is 0 Å². The summed E-state index contributed by atoms with van der Waals surface area (Å²) in [4.78, 5) is 10.3. The number of rotatable bonds is 6. The van der Waals surface area contributed by atoms with Crippen LogP contribution in [0.5, 0.6) is 0 Å². The predicted molar refractivity (Wildman–Crippen MR) is 80.8 cm³/mol. The summed E-state index contributed by atoms with van der Waals surface area (Å²) in [6.45, 7) is 2.56. The molecule has 110 valence electrons. The first-order valence-corrected chi connectivity index (χ1v) is 6.71. The molecule has 0 radical (unpaired) electrons. The monoisotopic (exact) mass is 286 g/mol. The third kappa shape index (κ3) is 4.11. The second kappa shape index (κ2) is 6.47. The summed E-state index contributed by atoms with van der Waals surface area (Å²) in [7, 11) is 0. The zero-order valence-corrected chi connectivity index (χ0v) is 11.8. The lowest BCUT2D eigenvalue weighted by molar-refractivity contribution is -0.384. The van der Waals surface area contributed by atoms with Crippen molar-refractivity contribution in [2.75, 3.05) is 6.54 Å². The summed E-state index contributed by atoms with van der Waals surface area (Å²) in [6, 6.07) is 15.9. The van der Waals surface area contributed by atoms with Crippen LogP contribution in [0.4, 0.5) is 5.69 Å². The molecule has 0 aromatic heterocycles. The molecule has 0 fully saturated rings. The van der Waals surface area contributed by atoms with Crippen LogP contribution in [-0.4, -0.2) is 16.6 Å². The van der Waals surface area contributed by atoms with Gasteiger partial charge in [0.05, 0.1) is 10.5 Å². The SMILES string of the molecule is CC(O)(CNCc1cccc([N+](=O)[O-])c1)c1ccccc1. The Hall–Kier alpha value is -2.24. The fraction of sp³-hybridized carbons (Fsp3) is 0.250. The van der Waals surface area contributed by atoms with Gasteiger partial charge in [-0.15, -0.1) is 0 Å². The van der Waals surface area contributed by atoms with Gasteiger partial charge in [-0.1, -0.05) is 42.5 Å². The van der Waals surface area contributed by atoms with Crippen molar-refractivity contribution >= 4 is 5.69 Å². The van der Waals surface area contributed by atoms with Crippen molar-refractivity contribution in [1.29, 1.82) is 0 Å². The average Bonchev–Trinajstić information content (AvgIpc) is 2.48. The number of nitro benzene ring substituents is 1. The van der Waals surface area contributed by atoms with E-state index in [4.69, 9.17) is 0 Å². The zero-order chi connectivity index (χ0) is 15.3. The first kappa shape index (κ1) is 15.2. The molecule has 1 atom stereocenters. The number of hydrogen-bond acceptors (Lipinski definition) is 4. The molecule has 0 saturated carbocycles. The molecule has 0 spiro atoms. The van der Waals surface area contributed by atoms with Crippen LogP contribution in [0.2, 0.25) is 0 Å². The Kier molecular flexibility index (Phi) is 4.67. The highest BCUT2D eigenvalue weighted by Gasteiger charge is 2.21. The quantitative estimate of drug-likeness (QED) is 0.632. The summed E-state index contributed by atoms with van der Waals surface area (Å²) >= 11 is 0. The molecule has 0 aliphatic heterocycles. The molecule has 5 heteroatoms. The van der Waals surface area contributed by atoms with Crippen LogP contribution in [0.25, 0.3) is 0 Å². The van der Waals surface area contributed by atoms with Crippen LogP contribution in [0.15, 0.2) is 54.6 Å². The molecule has 0 bridgehead atoms. The van der Waals surface area contributed by atoms with Crippen LogP contribution >= 0.6 is 0 Å². The highest BCUT2D eigenvalue weighted by molar-refractivity contribution is 5.34. The molecule has 2 aromatic carbocycles. The maximum atomic E-state index is 10.7. The third-order valence-electron chi connectivity index (χ3n) is 3.32. The number of nitrogens with one attached hydrogen (secondary N) is 1. The van der Waals surface area contributed by atoms with Gasteiger partial charge in [-0.2, -0.15) is 0 Å². The van der Waals surface area contributed by atoms with Crippen molar-refractivity contribution in [1.82, 2.24) is 5.32 Å². The van der Waals surface area contributed by atoms with Gasteiger partial charge in [0.15, 0.2) is 0 Å². The van der Waals surface area contributed by atoms with Crippen molar-refractivity contribution < 1.29 is 10.0 Å². The molecule has 0 aliphatic rings.